The zero-order valence-corrected chi connectivity index (χ0v) is 17.7. The van der Waals surface area contributed by atoms with E-state index in [9.17, 15) is 4.79 Å². The zero-order chi connectivity index (χ0) is 21.0. The van der Waals surface area contributed by atoms with Gasteiger partial charge in [0.25, 0.3) is 5.91 Å². The average molecular weight is 421 g/mol. The molecule has 0 saturated carbocycles. The molecule has 2 aliphatic rings. The second-order valence-electron chi connectivity index (χ2n) is 8.08. The summed E-state index contributed by atoms with van der Waals surface area (Å²) in [6.07, 6.45) is 4.04. The fraction of sp³-hybridized carbons (Fsp3) is 0.417. The van der Waals surface area contributed by atoms with E-state index in [-0.39, 0.29) is 5.91 Å². The fourth-order valence-corrected chi connectivity index (χ4v) is 4.24. The number of carbonyl (C=O) groups excluding carboxylic acids is 1. The number of amides is 1. The van der Waals surface area contributed by atoms with E-state index in [2.05, 4.69) is 27.8 Å². The number of fused-ring (bicyclic) bond motifs is 1. The summed E-state index contributed by atoms with van der Waals surface area (Å²) in [6.45, 7) is 8.12. The molecule has 2 fully saturated rings. The maximum atomic E-state index is 12.6. The minimum absolute atomic E-state index is 0.0702. The van der Waals surface area contributed by atoms with Gasteiger partial charge in [-0.05, 0) is 29.8 Å². The number of rotatable bonds is 5. The Balaban J connectivity index is 1.28. The predicted molar refractivity (Wildman–Crippen MR) is 119 cm³/mol. The maximum Gasteiger partial charge on any atom is 0.254 e. The van der Waals surface area contributed by atoms with Gasteiger partial charge in [0.1, 0.15) is 5.65 Å². The van der Waals surface area contributed by atoms with Crippen molar-refractivity contribution in [3.63, 3.8) is 0 Å². The Kier molecular flexibility index (Phi) is 5.97. The molecule has 7 nitrogen and oxygen atoms in total. The molecular formula is C24H28N4O3. The minimum Gasteiger partial charge on any atom is -0.379 e. The smallest absolute Gasteiger partial charge is 0.254 e. The molecule has 0 N–H and O–H groups in total. The number of hydrogen-bond donors (Lipinski definition) is 0. The molecule has 0 unspecified atom stereocenters. The molecule has 0 aliphatic carbocycles. The molecule has 0 radical (unpaired) electrons. The van der Waals surface area contributed by atoms with Crippen LogP contribution >= 0.6 is 0 Å². The second-order valence-corrected chi connectivity index (χ2v) is 8.08. The van der Waals surface area contributed by atoms with Crippen LogP contribution in [0.5, 0.6) is 0 Å². The van der Waals surface area contributed by atoms with Crippen molar-refractivity contribution in [2.75, 3.05) is 59.2 Å². The van der Waals surface area contributed by atoms with Gasteiger partial charge in [0.05, 0.1) is 26.4 Å². The lowest BCUT2D eigenvalue weighted by Gasteiger charge is -2.26. The molecule has 3 aromatic rings. The molecule has 0 spiro atoms. The highest BCUT2D eigenvalue weighted by Crippen LogP contribution is 2.24. The molecule has 1 amide bonds. The summed E-state index contributed by atoms with van der Waals surface area (Å²) in [5.74, 6) is 0.0702. The Morgan fingerprint density at radius 3 is 2.32 bits per heavy atom. The Morgan fingerprint density at radius 2 is 1.58 bits per heavy atom. The molecule has 2 saturated heterocycles. The highest BCUT2D eigenvalue weighted by Gasteiger charge is 2.18. The maximum absolute atomic E-state index is 12.6. The Morgan fingerprint density at radius 1 is 0.871 bits per heavy atom. The van der Waals surface area contributed by atoms with E-state index < -0.39 is 0 Å². The van der Waals surface area contributed by atoms with Crippen LogP contribution in [-0.4, -0.2) is 84.4 Å². The third-order valence-corrected chi connectivity index (χ3v) is 6.13. The lowest BCUT2D eigenvalue weighted by Crippen LogP contribution is -2.40. The average Bonchev–Trinajstić information content (AvgIpc) is 3.26. The van der Waals surface area contributed by atoms with E-state index in [0.29, 0.717) is 31.9 Å². The van der Waals surface area contributed by atoms with Gasteiger partial charge in [-0.25, -0.2) is 4.98 Å². The molecule has 1 aromatic carbocycles. The monoisotopic (exact) mass is 420 g/mol. The Hall–Kier alpha value is -2.74. The van der Waals surface area contributed by atoms with Gasteiger partial charge in [-0.2, -0.15) is 0 Å². The number of nitrogens with zero attached hydrogens (tertiary/aromatic N) is 4. The van der Waals surface area contributed by atoms with Crippen molar-refractivity contribution in [2.24, 2.45) is 0 Å². The summed E-state index contributed by atoms with van der Waals surface area (Å²) in [7, 11) is 0. The van der Waals surface area contributed by atoms with Crippen molar-refractivity contribution in [3.8, 4) is 11.1 Å². The molecule has 0 bridgehead atoms. The van der Waals surface area contributed by atoms with Gasteiger partial charge in [-0.1, -0.05) is 12.1 Å². The number of aromatic nitrogens is 2. The highest BCUT2D eigenvalue weighted by molar-refractivity contribution is 5.95. The standard InChI is InChI=1S/C24H28N4O3/c29-24(28-11-15-31-16-12-28)20-3-1-19(2-4-20)22-17-21-5-6-27(23(21)25-18-22)8-7-26-9-13-30-14-10-26/h1-6,17-18H,7-16H2. The van der Waals surface area contributed by atoms with Gasteiger partial charge < -0.3 is 18.9 Å². The van der Waals surface area contributed by atoms with Crippen molar-refractivity contribution < 1.29 is 14.3 Å². The molecule has 7 heteroatoms. The summed E-state index contributed by atoms with van der Waals surface area (Å²) < 4.78 is 13.0. The van der Waals surface area contributed by atoms with Crippen LogP contribution in [0.4, 0.5) is 0 Å². The predicted octanol–water partition coefficient (Wildman–Crippen LogP) is 2.51. The molecule has 2 aromatic heterocycles. The summed E-state index contributed by atoms with van der Waals surface area (Å²) in [6, 6.07) is 12.1. The molecule has 5 rings (SSSR count). The van der Waals surface area contributed by atoms with Gasteiger partial charge in [-0.15, -0.1) is 0 Å². The fourth-order valence-electron chi connectivity index (χ4n) is 4.24. The van der Waals surface area contributed by atoms with Crippen molar-refractivity contribution in [2.45, 2.75) is 6.54 Å². The third-order valence-electron chi connectivity index (χ3n) is 6.13. The van der Waals surface area contributed by atoms with E-state index >= 15 is 0 Å². The first kappa shape index (κ1) is 20.2. The number of hydrogen-bond acceptors (Lipinski definition) is 5. The van der Waals surface area contributed by atoms with E-state index in [1.165, 1.54) is 0 Å². The van der Waals surface area contributed by atoms with Crippen LogP contribution < -0.4 is 0 Å². The first-order valence-corrected chi connectivity index (χ1v) is 11.0. The normalized spacial score (nSPS) is 17.9. The highest BCUT2D eigenvalue weighted by atomic mass is 16.5. The first-order valence-electron chi connectivity index (χ1n) is 11.0. The first-order chi connectivity index (χ1) is 15.3. The van der Waals surface area contributed by atoms with Gasteiger partial charge >= 0.3 is 0 Å². The summed E-state index contributed by atoms with van der Waals surface area (Å²) in [4.78, 5) is 21.7. The van der Waals surface area contributed by atoms with Gasteiger partial charge in [0.15, 0.2) is 0 Å². The van der Waals surface area contributed by atoms with Crippen LogP contribution in [0, 0.1) is 0 Å². The number of benzene rings is 1. The van der Waals surface area contributed by atoms with Gasteiger partial charge in [0.2, 0.25) is 0 Å². The van der Waals surface area contributed by atoms with E-state index in [1.807, 2.05) is 35.4 Å². The van der Waals surface area contributed by atoms with Crippen LogP contribution in [0.25, 0.3) is 22.2 Å². The Bertz CT molecular complexity index is 1030. The van der Waals surface area contributed by atoms with Crippen LogP contribution in [0.1, 0.15) is 10.4 Å². The van der Waals surface area contributed by atoms with Crippen molar-refractivity contribution in [3.05, 3.63) is 54.4 Å². The van der Waals surface area contributed by atoms with Gasteiger partial charge in [-0.3, -0.25) is 9.69 Å². The quantitative estimate of drug-likeness (QED) is 0.635. The summed E-state index contributed by atoms with van der Waals surface area (Å²) in [5, 5.41) is 1.13. The number of carbonyl (C=O) groups is 1. The van der Waals surface area contributed by atoms with Crippen molar-refractivity contribution >= 4 is 16.9 Å². The largest absolute Gasteiger partial charge is 0.379 e. The lowest BCUT2D eigenvalue weighted by molar-refractivity contribution is 0.0303. The molecule has 162 valence electrons. The molecular weight excluding hydrogens is 392 g/mol. The van der Waals surface area contributed by atoms with Crippen LogP contribution in [0.3, 0.4) is 0 Å². The zero-order valence-electron chi connectivity index (χ0n) is 17.7. The molecule has 0 atom stereocenters. The molecule has 4 heterocycles. The van der Waals surface area contributed by atoms with E-state index in [1.54, 1.807) is 0 Å². The SMILES string of the molecule is O=C(c1ccc(-c2cnc3c(ccn3CCN3CCOCC3)c2)cc1)N1CCOCC1. The van der Waals surface area contributed by atoms with Crippen molar-refractivity contribution in [1.82, 2.24) is 19.4 Å². The number of ether oxygens (including phenoxy) is 2. The molecule has 2 aliphatic heterocycles. The number of pyridine rings is 1. The number of morpholine rings is 2. The third kappa shape index (κ3) is 4.49. The van der Waals surface area contributed by atoms with Crippen molar-refractivity contribution in [1.29, 1.82) is 0 Å². The Labute approximate surface area is 182 Å². The van der Waals surface area contributed by atoms with E-state index in [4.69, 9.17) is 14.5 Å². The second kappa shape index (κ2) is 9.18. The van der Waals surface area contributed by atoms with Crippen LogP contribution in [-0.2, 0) is 16.0 Å². The molecule has 31 heavy (non-hydrogen) atoms. The summed E-state index contributed by atoms with van der Waals surface area (Å²) in [5.41, 5.74) is 3.85. The van der Waals surface area contributed by atoms with Crippen LogP contribution in [0.2, 0.25) is 0 Å². The summed E-state index contributed by atoms with van der Waals surface area (Å²) >= 11 is 0. The topological polar surface area (TPSA) is 59.8 Å². The van der Waals surface area contributed by atoms with Crippen LogP contribution in [0.15, 0.2) is 48.8 Å². The lowest BCUT2D eigenvalue weighted by atomic mass is 10.0. The van der Waals surface area contributed by atoms with Gasteiger partial charge in [0, 0.05) is 68.2 Å². The minimum atomic E-state index is 0.0702. The van der Waals surface area contributed by atoms with E-state index in [0.717, 1.165) is 61.6 Å².